The second-order valence-corrected chi connectivity index (χ2v) is 7.00. The highest BCUT2D eigenvalue weighted by Crippen LogP contribution is 2.09. The number of amides is 1. The van der Waals surface area contributed by atoms with E-state index in [1.807, 2.05) is 6.92 Å². The Labute approximate surface area is 140 Å². The number of carboxylic acids is 1. The van der Waals surface area contributed by atoms with Crippen LogP contribution in [-0.2, 0) is 19.6 Å². The van der Waals surface area contributed by atoms with Crippen molar-refractivity contribution in [2.45, 2.75) is 31.1 Å². The van der Waals surface area contributed by atoms with Crippen LogP contribution in [0.3, 0.4) is 0 Å². The third-order valence-electron chi connectivity index (χ3n) is 3.30. The number of hydrogen-bond acceptors (Lipinski definition) is 4. The predicted molar refractivity (Wildman–Crippen MR) is 85.2 cm³/mol. The Morgan fingerprint density at radius 1 is 1.25 bits per heavy atom. The van der Waals surface area contributed by atoms with E-state index >= 15 is 0 Å². The van der Waals surface area contributed by atoms with Gasteiger partial charge in [-0.1, -0.05) is 13.3 Å². The number of benzene rings is 1. The van der Waals surface area contributed by atoms with Crippen molar-refractivity contribution >= 4 is 21.9 Å². The molecule has 1 aromatic carbocycles. The molecule has 0 aliphatic heterocycles. The van der Waals surface area contributed by atoms with E-state index in [2.05, 4.69) is 10.0 Å². The number of sulfonamides is 1. The highest BCUT2D eigenvalue weighted by molar-refractivity contribution is 7.89. The maximum atomic E-state index is 12.8. The van der Waals surface area contributed by atoms with Crippen molar-refractivity contribution in [2.24, 2.45) is 5.92 Å². The normalized spacial score (nSPS) is 12.6. The minimum atomic E-state index is -3.82. The topological polar surface area (TPSA) is 113 Å². The van der Waals surface area contributed by atoms with Gasteiger partial charge < -0.3 is 10.4 Å². The summed E-state index contributed by atoms with van der Waals surface area (Å²) in [5.41, 5.74) is 0. The minimum Gasteiger partial charge on any atom is -0.481 e. The van der Waals surface area contributed by atoms with Crippen LogP contribution in [0.25, 0.3) is 0 Å². The first kappa shape index (κ1) is 20.0. The molecule has 1 aromatic rings. The number of carbonyl (C=O) groups excluding carboxylic acids is 1. The molecule has 7 nitrogen and oxygen atoms in total. The van der Waals surface area contributed by atoms with Crippen LogP contribution in [-0.4, -0.2) is 38.5 Å². The lowest BCUT2D eigenvalue weighted by Gasteiger charge is -2.12. The van der Waals surface area contributed by atoms with Crippen molar-refractivity contribution in [3.8, 4) is 0 Å². The number of carboxylic acid groups (broad SMARTS) is 1. The maximum absolute atomic E-state index is 12.8. The summed E-state index contributed by atoms with van der Waals surface area (Å²) in [6.07, 6.45) is 1.01. The molecular weight excluding hydrogens is 339 g/mol. The van der Waals surface area contributed by atoms with Crippen LogP contribution in [0.15, 0.2) is 29.2 Å². The van der Waals surface area contributed by atoms with Crippen LogP contribution >= 0.6 is 0 Å². The number of carbonyl (C=O) groups is 2. The highest BCUT2D eigenvalue weighted by Gasteiger charge is 2.18. The summed E-state index contributed by atoms with van der Waals surface area (Å²) >= 11 is 0. The number of hydrogen-bond donors (Lipinski definition) is 3. The fourth-order valence-corrected chi connectivity index (χ4v) is 3.01. The van der Waals surface area contributed by atoms with Crippen LogP contribution in [0.5, 0.6) is 0 Å². The van der Waals surface area contributed by atoms with Crippen molar-refractivity contribution in [3.63, 3.8) is 0 Å². The lowest BCUT2D eigenvalue weighted by Crippen LogP contribution is -2.35. The van der Waals surface area contributed by atoms with Gasteiger partial charge in [0, 0.05) is 19.5 Å². The first-order chi connectivity index (χ1) is 11.3. The third-order valence-corrected chi connectivity index (χ3v) is 4.78. The van der Waals surface area contributed by atoms with E-state index in [9.17, 15) is 22.4 Å². The largest absolute Gasteiger partial charge is 0.481 e. The van der Waals surface area contributed by atoms with Gasteiger partial charge in [0.25, 0.3) is 0 Å². The van der Waals surface area contributed by atoms with Gasteiger partial charge >= 0.3 is 5.97 Å². The molecule has 1 rings (SSSR count). The monoisotopic (exact) mass is 360 g/mol. The van der Waals surface area contributed by atoms with Gasteiger partial charge in [-0.05, 0) is 30.7 Å². The van der Waals surface area contributed by atoms with Crippen LogP contribution in [0.1, 0.15) is 26.2 Å². The van der Waals surface area contributed by atoms with Crippen LogP contribution in [0.2, 0.25) is 0 Å². The van der Waals surface area contributed by atoms with Crippen molar-refractivity contribution in [1.29, 1.82) is 0 Å². The van der Waals surface area contributed by atoms with Gasteiger partial charge in [0.2, 0.25) is 15.9 Å². The molecule has 1 unspecified atom stereocenters. The zero-order valence-corrected chi connectivity index (χ0v) is 14.1. The molecule has 24 heavy (non-hydrogen) atoms. The van der Waals surface area contributed by atoms with E-state index in [1.165, 1.54) is 0 Å². The summed E-state index contributed by atoms with van der Waals surface area (Å²) < 4.78 is 38.9. The van der Waals surface area contributed by atoms with Gasteiger partial charge in [-0.25, -0.2) is 17.5 Å². The molecule has 0 aromatic heterocycles. The molecule has 0 aliphatic carbocycles. The van der Waals surface area contributed by atoms with E-state index in [4.69, 9.17) is 5.11 Å². The Bertz CT molecular complexity index is 661. The molecule has 0 fully saturated rings. The van der Waals surface area contributed by atoms with Gasteiger partial charge in [0.05, 0.1) is 10.8 Å². The standard InChI is InChI=1S/C15H21FN2O5S/c1-2-3-11(15(20)21)10-17-14(19)8-9-18-24(22,23)13-6-4-12(16)5-7-13/h4-7,11,18H,2-3,8-10H2,1H3,(H,17,19)(H,20,21). The number of halogens is 1. The Balaban J connectivity index is 2.42. The lowest BCUT2D eigenvalue weighted by molar-refractivity contribution is -0.141. The molecule has 0 spiro atoms. The van der Waals surface area contributed by atoms with Crippen LogP contribution in [0, 0.1) is 11.7 Å². The molecule has 134 valence electrons. The molecule has 1 atom stereocenters. The molecule has 0 bridgehead atoms. The number of rotatable bonds is 10. The first-order valence-electron chi connectivity index (χ1n) is 7.51. The molecule has 9 heteroatoms. The fourth-order valence-electron chi connectivity index (χ4n) is 1.98. The number of nitrogens with one attached hydrogen (secondary N) is 2. The summed E-state index contributed by atoms with van der Waals surface area (Å²) in [6, 6.07) is 4.31. The second kappa shape index (κ2) is 9.33. The highest BCUT2D eigenvalue weighted by atomic mass is 32.2. The van der Waals surface area contributed by atoms with E-state index in [0.29, 0.717) is 12.8 Å². The Kier molecular flexibility index (Phi) is 7.80. The van der Waals surface area contributed by atoms with Crippen molar-refractivity contribution < 1.29 is 27.5 Å². The lowest BCUT2D eigenvalue weighted by atomic mass is 10.0. The first-order valence-corrected chi connectivity index (χ1v) is 8.99. The maximum Gasteiger partial charge on any atom is 0.308 e. The SMILES string of the molecule is CCCC(CNC(=O)CCNS(=O)(=O)c1ccc(F)cc1)C(=O)O. The summed E-state index contributed by atoms with van der Waals surface area (Å²) in [5, 5.41) is 11.5. The molecule has 1 amide bonds. The average molecular weight is 360 g/mol. The molecule has 0 saturated carbocycles. The van der Waals surface area contributed by atoms with Gasteiger partial charge in [0.15, 0.2) is 0 Å². The zero-order valence-electron chi connectivity index (χ0n) is 13.3. The Hall–Kier alpha value is -2.00. The summed E-state index contributed by atoms with van der Waals surface area (Å²) in [5.74, 6) is -2.63. The van der Waals surface area contributed by atoms with Crippen molar-refractivity contribution in [3.05, 3.63) is 30.1 Å². The molecule has 3 N–H and O–H groups in total. The molecule has 0 saturated heterocycles. The van der Waals surface area contributed by atoms with Crippen molar-refractivity contribution in [2.75, 3.05) is 13.1 Å². The minimum absolute atomic E-state index is 0.00667. The van der Waals surface area contributed by atoms with Gasteiger partial charge in [-0.3, -0.25) is 9.59 Å². The molecule has 0 radical (unpaired) electrons. The summed E-state index contributed by atoms with van der Waals surface area (Å²) in [4.78, 5) is 22.5. The smallest absolute Gasteiger partial charge is 0.308 e. The fraction of sp³-hybridized carbons (Fsp3) is 0.467. The Morgan fingerprint density at radius 3 is 2.42 bits per heavy atom. The third kappa shape index (κ3) is 6.63. The van der Waals surface area contributed by atoms with Crippen molar-refractivity contribution in [1.82, 2.24) is 10.0 Å². The second-order valence-electron chi connectivity index (χ2n) is 5.23. The molecular formula is C15H21FN2O5S. The Morgan fingerprint density at radius 2 is 1.88 bits per heavy atom. The summed E-state index contributed by atoms with van der Waals surface area (Å²) in [7, 11) is -3.82. The predicted octanol–water partition coefficient (Wildman–Crippen LogP) is 1.11. The van der Waals surface area contributed by atoms with E-state index in [0.717, 1.165) is 24.3 Å². The van der Waals surface area contributed by atoms with E-state index in [1.54, 1.807) is 0 Å². The zero-order chi connectivity index (χ0) is 18.2. The van der Waals surface area contributed by atoms with Crippen LogP contribution < -0.4 is 10.0 Å². The quantitative estimate of drug-likeness (QED) is 0.579. The van der Waals surface area contributed by atoms with E-state index < -0.39 is 33.6 Å². The molecule has 0 aliphatic rings. The number of aliphatic carboxylic acids is 1. The van der Waals surface area contributed by atoms with Gasteiger partial charge in [-0.2, -0.15) is 0 Å². The summed E-state index contributed by atoms with van der Waals surface area (Å²) in [6.45, 7) is 1.71. The van der Waals surface area contributed by atoms with Gasteiger partial charge in [-0.15, -0.1) is 0 Å². The average Bonchev–Trinajstić information content (AvgIpc) is 2.51. The molecule has 0 heterocycles. The van der Waals surface area contributed by atoms with E-state index in [-0.39, 0.29) is 24.4 Å². The van der Waals surface area contributed by atoms with Crippen LogP contribution in [0.4, 0.5) is 4.39 Å². The van der Waals surface area contributed by atoms with Gasteiger partial charge in [0.1, 0.15) is 5.82 Å².